The van der Waals surface area contributed by atoms with Gasteiger partial charge in [-0.25, -0.2) is 0 Å². The molecule has 3 rings (SSSR count). The van der Waals surface area contributed by atoms with E-state index < -0.39 is 0 Å². The van der Waals surface area contributed by atoms with Crippen molar-refractivity contribution in [1.82, 2.24) is 15.6 Å². The molecule has 0 bridgehead atoms. The predicted molar refractivity (Wildman–Crippen MR) is 76.8 cm³/mol. The number of aromatic nitrogens is 2. The monoisotopic (exact) mass is 276 g/mol. The molecule has 2 fully saturated rings. The zero-order chi connectivity index (χ0) is 14.2. The van der Waals surface area contributed by atoms with Gasteiger partial charge in [-0.1, -0.05) is 0 Å². The van der Waals surface area contributed by atoms with Crippen LogP contribution >= 0.6 is 0 Å². The van der Waals surface area contributed by atoms with E-state index in [0.717, 1.165) is 30.8 Å². The van der Waals surface area contributed by atoms with Crippen LogP contribution in [-0.4, -0.2) is 22.4 Å². The van der Waals surface area contributed by atoms with Crippen molar-refractivity contribution >= 4 is 0 Å². The Morgan fingerprint density at radius 1 is 1.40 bits per heavy atom. The lowest BCUT2D eigenvalue weighted by molar-refractivity contribution is -0.147. The number of hydrogen-bond donors (Lipinski definition) is 2. The summed E-state index contributed by atoms with van der Waals surface area (Å²) >= 11 is 0. The van der Waals surface area contributed by atoms with E-state index in [9.17, 15) is 0 Å². The molecule has 2 unspecified atom stereocenters. The zero-order valence-electron chi connectivity index (χ0n) is 12.4. The summed E-state index contributed by atoms with van der Waals surface area (Å²) in [6, 6.07) is 2.25. The molecule has 1 aliphatic carbocycles. The van der Waals surface area contributed by atoms with E-state index >= 15 is 0 Å². The number of nitrogens with two attached hydrogens (primary N) is 1. The topological polar surface area (TPSA) is 73.1 Å². The van der Waals surface area contributed by atoms with Gasteiger partial charge in [-0.2, -0.15) is 10.2 Å². The van der Waals surface area contributed by atoms with E-state index in [4.69, 9.17) is 10.6 Å². The summed E-state index contributed by atoms with van der Waals surface area (Å²) in [5, 5.41) is 8.35. The van der Waals surface area contributed by atoms with Crippen molar-refractivity contribution < 1.29 is 4.74 Å². The van der Waals surface area contributed by atoms with Gasteiger partial charge in [0.25, 0.3) is 0 Å². The molecule has 1 aromatic rings. The third-order valence-electron chi connectivity index (χ3n) is 4.92. The highest BCUT2D eigenvalue weighted by molar-refractivity contribution is 5.24. The summed E-state index contributed by atoms with van der Waals surface area (Å²) in [4.78, 5) is 0. The minimum Gasteiger partial charge on any atom is -0.375 e. The van der Waals surface area contributed by atoms with E-state index in [2.05, 4.69) is 21.7 Å². The molecule has 0 amide bonds. The Bertz CT molecular complexity index is 487. The van der Waals surface area contributed by atoms with Crippen LogP contribution in [0.4, 0.5) is 0 Å². The van der Waals surface area contributed by atoms with Gasteiger partial charge in [-0.05, 0) is 63.5 Å². The van der Waals surface area contributed by atoms with Gasteiger partial charge in [0.15, 0.2) is 0 Å². The maximum atomic E-state index is 6.02. The Balaban J connectivity index is 1.83. The normalized spacial score (nSPS) is 26.2. The van der Waals surface area contributed by atoms with Gasteiger partial charge < -0.3 is 4.74 Å². The molecule has 1 saturated carbocycles. The van der Waals surface area contributed by atoms with Crippen molar-refractivity contribution in [3.63, 3.8) is 0 Å². The second kappa shape index (κ2) is 5.39. The lowest BCUT2D eigenvalue weighted by atomic mass is 9.69. The second-order valence-corrected chi connectivity index (χ2v) is 6.31. The molecule has 2 atom stereocenters. The molecule has 1 saturated heterocycles. The molecule has 5 nitrogen and oxygen atoms in total. The number of hydrazine groups is 1. The Morgan fingerprint density at radius 2 is 2.20 bits per heavy atom. The fourth-order valence-electron chi connectivity index (χ4n) is 3.63. The first-order chi connectivity index (χ1) is 9.63. The Morgan fingerprint density at radius 3 is 2.85 bits per heavy atom. The van der Waals surface area contributed by atoms with Crippen molar-refractivity contribution in [3.05, 3.63) is 23.0 Å². The third-order valence-corrected chi connectivity index (χ3v) is 4.92. The number of nitrogens with zero attached hydrogens (tertiary/aromatic N) is 2. The molecule has 2 aliphatic rings. The second-order valence-electron chi connectivity index (χ2n) is 6.31. The minimum absolute atomic E-state index is 0.140. The number of ether oxygens (including phenoxy) is 1. The van der Waals surface area contributed by atoms with Gasteiger partial charge in [-0.15, -0.1) is 0 Å². The molecule has 0 radical (unpaired) electrons. The van der Waals surface area contributed by atoms with Crippen LogP contribution < -0.4 is 11.3 Å². The molecule has 3 N–H and O–H groups in total. The molecule has 1 spiro atoms. The molecule has 1 aromatic heterocycles. The third kappa shape index (κ3) is 2.45. The largest absolute Gasteiger partial charge is 0.375 e. The van der Waals surface area contributed by atoms with E-state index in [1.807, 2.05) is 13.8 Å². The molecular formula is C15H24N4O. The number of aryl methyl sites for hydroxylation is 2. The molecule has 110 valence electrons. The van der Waals surface area contributed by atoms with E-state index in [1.165, 1.54) is 24.8 Å². The highest BCUT2D eigenvalue weighted by Gasteiger charge is 2.44. The smallest absolute Gasteiger partial charge is 0.0686 e. The van der Waals surface area contributed by atoms with Crippen molar-refractivity contribution in [1.29, 1.82) is 0 Å². The maximum Gasteiger partial charge on any atom is 0.0686 e. The molecule has 2 heterocycles. The van der Waals surface area contributed by atoms with Crippen molar-refractivity contribution in [2.75, 3.05) is 6.61 Å². The first-order valence-corrected chi connectivity index (χ1v) is 7.54. The fraction of sp³-hybridized carbons (Fsp3) is 0.733. The van der Waals surface area contributed by atoms with Crippen LogP contribution in [0.25, 0.3) is 0 Å². The summed E-state index contributed by atoms with van der Waals surface area (Å²) in [5.74, 6) is 6.37. The van der Waals surface area contributed by atoms with Gasteiger partial charge in [-0.3, -0.25) is 11.3 Å². The van der Waals surface area contributed by atoms with Crippen LogP contribution in [0.5, 0.6) is 0 Å². The predicted octanol–water partition coefficient (Wildman–Crippen LogP) is 1.95. The lowest BCUT2D eigenvalue weighted by Gasteiger charge is -2.48. The first kappa shape index (κ1) is 13.9. The summed E-state index contributed by atoms with van der Waals surface area (Å²) < 4.78 is 6.02. The minimum atomic E-state index is 0.140. The number of rotatable bonds is 3. The molecule has 5 heteroatoms. The van der Waals surface area contributed by atoms with Crippen LogP contribution in [0.3, 0.4) is 0 Å². The fourth-order valence-corrected chi connectivity index (χ4v) is 3.63. The van der Waals surface area contributed by atoms with Crippen LogP contribution in [0.1, 0.15) is 55.1 Å². The number of hydrogen-bond acceptors (Lipinski definition) is 5. The van der Waals surface area contributed by atoms with Crippen LogP contribution in [0.2, 0.25) is 0 Å². The van der Waals surface area contributed by atoms with Crippen molar-refractivity contribution in [3.8, 4) is 0 Å². The van der Waals surface area contributed by atoms with Crippen LogP contribution in [0.15, 0.2) is 6.07 Å². The molecular weight excluding hydrogens is 252 g/mol. The van der Waals surface area contributed by atoms with E-state index in [-0.39, 0.29) is 11.6 Å². The summed E-state index contributed by atoms with van der Waals surface area (Å²) in [5.41, 5.74) is 6.25. The van der Waals surface area contributed by atoms with E-state index in [1.54, 1.807) is 0 Å². The standard InChI is InChI=1S/C15H24N4O/c1-10-8-13(11(2)19-18-10)14(17-16)12-4-7-20-15(9-12)5-3-6-15/h8,12,14,17H,3-7,9,16H2,1-2H3. The quantitative estimate of drug-likeness (QED) is 0.652. The number of nitrogens with one attached hydrogen (secondary N) is 1. The van der Waals surface area contributed by atoms with Crippen molar-refractivity contribution in [2.45, 2.75) is 57.6 Å². The van der Waals surface area contributed by atoms with Crippen molar-refractivity contribution in [2.24, 2.45) is 11.8 Å². The van der Waals surface area contributed by atoms with Gasteiger partial charge >= 0.3 is 0 Å². The van der Waals surface area contributed by atoms with Gasteiger partial charge in [0.1, 0.15) is 0 Å². The highest BCUT2D eigenvalue weighted by Crippen LogP contribution is 2.47. The van der Waals surface area contributed by atoms with Gasteiger partial charge in [0.05, 0.1) is 23.0 Å². The summed E-state index contributed by atoms with van der Waals surface area (Å²) in [6.45, 7) is 4.82. The maximum absolute atomic E-state index is 6.02. The Kier molecular flexibility index (Phi) is 3.75. The van der Waals surface area contributed by atoms with Gasteiger partial charge in [0, 0.05) is 6.61 Å². The van der Waals surface area contributed by atoms with Crippen LogP contribution in [-0.2, 0) is 4.74 Å². The lowest BCUT2D eigenvalue weighted by Crippen LogP contribution is -2.48. The Labute approximate surface area is 120 Å². The average Bonchev–Trinajstić information content (AvgIpc) is 2.42. The zero-order valence-corrected chi connectivity index (χ0v) is 12.4. The molecule has 20 heavy (non-hydrogen) atoms. The SMILES string of the molecule is Cc1cc(C(NN)C2CCOC3(CCC3)C2)c(C)nn1. The van der Waals surface area contributed by atoms with E-state index in [0.29, 0.717) is 5.92 Å². The summed E-state index contributed by atoms with van der Waals surface area (Å²) in [6.07, 6.45) is 5.85. The summed E-state index contributed by atoms with van der Waals surface area (Å²) in [7, 11) is 0. The Hall–Kier alpha value is -1.04. The highest BCUT2D eigenvalue weighted by atomic mass is 16.5. The molecule has 1 aliphatic heterocycles. The average molecular weight is 276 g/mol. The van der Waals surface area contributed by atoms with Gasteiger partial charge in [0.2, 0.25) is 0 Å². The first-order valence-electron chi connectivity index (χ1n) is 7.54. The van der Waals surface area contributed by atoms with Crippen LogP contribution in [0, 0.1) is 19.8 Å². The molecule has 0 aromatic carbocycles.